The number of aromatic nitrogens is 1. The number of amides is 2. The van der Waals surface area contributed by atoms with Gasteiger partial charge in [0.1, 0.15) is 11.8 Å². The lowest BCUT2D eigenvalue weighted by molar-refractivity contribution is -0.118. The van der Waals surface area contributed by atoms with Gasteiger partial charge < -0.3 is 15.4 Å². The van der Waals surface area contributed by atoms with Gasteiger partial charge in [0, 0.05) is 18.1 Å². The number of pyridine rings is 1. The Bertz CT molecular complexity index is 702. The lowest BCUT2D eigenvalue weighted by atomic mass is 10.0. The minimum absolute atomic E-state index is 0.0782. The second kappa shape index (κ2) is 8.10. The first-order chi connectivity index (χ1) is 11.5. The van der Waals surface area contributed by atoms with Gasteiger partial charge in [0.25, 0.3) is 5.91 Å². The van der Waals surface area contributed by atoms with E-state index in [1.165, 1.54) is 7.11 Å². The van der Waals surface area contributed by atoms with Crippen LogP contribution in [0.1, 0.15) is 24.2 Å². The molecule has 0 radical (unpaired) electrons. The Labute approximate surface area is 141 Å². The first-order valence-corrected chi connectivity index (χ1v) is 7.67. The lowest BCUT2D eigenvalue weighted by Crippen LogP contribution is -2.47. The van der Waals surface area contributed by atoms with Crippen molar-refractivity contribution in [2.75, 3.05) is 12.4 Å². The molecule has 0 aliphatic rings. The molecular weight excluding hydrogens is 306 g/mol. The van der Waals surface area contributed by atoms with Crippen LogP contribution in [0, 0.1) is 5.92 Å². The van der Waals surface area contributed by atoms with Gasteiger partial charge in [0.05, 0.1) is 12.7 Å². The number of para-hydroxylation sites is 1. The van der Waals surface area contributed by atoms with E-state index in [-0.39, 0.29) is 17.7 Å². The number of anilines is 1. The van der Waals surface area contributed by atoms with Crippen molar-refractivity contribution < 1.29 is 14.3 Å². The number of methoxy groups -OCH3 is 1. The molecule has 2 rings (SSSR count). The third kappa shape index (κ3) is 4.32. The van der Waals surface area contributed by atoms with Crippen LogP contribution in [0.5, 0.6) is 5.75 Å². The fourth-order valence-corrected chi connectivity index (χ4v) is 2.24. The minimum atomic E-state index is -0.671. The summed E-state index contributed by atoms with van der Waals surface area (Å²) in [5.41, 5.74) is 1.02. The van der Waals surface area contributed by atoms with E-state index >= 15 is 0 Å². The lowest BCUT2D eigenvalue weighted by Gasteiger charge is -2.22. The van der Waals surface area contributed by atoms with Crippen molar-refractivity contribution in [1.29, 1.82) is 0 Å². The number of rotatable bonds is 6. The molecular formula is C18H21N3O3. The summed E-state index contributed by atoms with van der Waals surface area (Å²) in [6.45, 7) is 3.75. The molecule has 6 nitrogen and oxygen atoms in total. The topological polar surface area (TPSA) is 80.3 Å². The van der Waals surface area contributed by atoms with Crippen molar-refractivity contribution >= 4 is 17.5 Å². The summed E-state index contributed by atoms with van der Waals surface area (Å²) in [6, 6.07) is 9.61. The molecule has 6 heteroatoms. The average molecular weight is 327 g/mol. The van der Waals surface area contributed by atoms with Gasteiger partial charge in [-0.3, -0.25) is 14.6 Å². The standard InChI is InChI=1S/C18H21N3O3/c1-12(2)16(18(23)20-13-8-10-19-11-9-13)21-17(22)14-6-4-5-7-15(14)24-3/h4-12,16H,1-3H3,(H,21,22)(H,19,20,23). The van der Waals surface area contributed by atoms with Crippen LogP contribution in [0.3, 0.4) is 0 Å². The quantitative estimate of drug-likeness (QED) is 0.854. The molecule has 0 aliphatic heterocycles. The molecule has 1 heterocycles. The molecule has 1 atom stereocenters. The van der Waals surface area contributed by atoms with Crippen molar-refractivity contribution in [3.05, 3.63) is 54.4 Å². The molecule has 0 spiro atoms. The maximum absolute atomic E-state index is 12.5. The monoisotopic (exact) mass is 327 g/mol. The smallest absolute Gasteiger partial charge is 0.255 e. The molecule has 24 heavy (non-hydrogen) atoms. The minimum Gasteiger partial charge on any atom is -0.496 e. The molecule has 0 saturated heterocycles. The zero-order chi connectivity index (χ0) is 17.5. The first-order valence-electron chi connectivity index (χ1n) is 7.67. The molecule has 1 unspecified atom stereocenters. The summed E-state index contributed by atoms with van der Waals surface area (Å²) in [7, 11) is 1.50. The van der Waals surface area contributed by atoms with Crippen LogP contribution in [0.15, 0.2) is 48.8 Å². The number of hydrogen-bond acceptors (Lipinski definition) is 4. The van der Waals surface area contributed by atoms with E-state index in [4.69, 9.17) is 4.74 Å². The highest BCUT2D eigenvalue weighted by atomic mass is 16.5. The Morgan fingerprint density at radius 2 is 1.75 bits per heavy atom. The fourth-order valence-electron chi connectivity index (χ4n) is 2.24. The van der Waals surface area contributed by atoms with Gasteiger partial charge >= 0.3 is 0 Å². The van der Waals surface area contributed by atoms with Crippen molar-refractivity contribution in [2.24, 2.45) is 5.92 Å². The second-order valence-corrected chi connectivity index (χ2v) is 5.62. The Balaban J connectivity index is 2.13. The van der Waals surface area contributed by atoms with Crippen LogP contribution >= 0.6 is 0 Å². The fraction of sp³-hybridized carbons (Fsp3) is 0.278. The summed E-state index contributed by atoms with van der Waals surface area (Å²) in [5, 5.41) is 5.56. The largest absolute Gasteiger partial charge is 0.496 e. The number of nitrogens with one attached hydrogen (secondary N) is 2. The van der Waals surface area contributed by atoms with Crippen LogP contribution in [0.2, 0.25) is 0 Å². The molecule has 2 amide bonds. The molecule has 2 N–H and O–H groups in total. The number of nitrogens with zero attached hydrogens (tertiary/aromatic N) is 1. The van der Waals surface area contributed by atoms with Crippen molar-refractivity contribution in [3.63, 3.8) is 0 Å². The number of ether oxygens (including phenoxy) is 1. The Kier molecular flexibility index (Phi) is 5.89. The van der Waals surface area contributed by atoms with Gasteiger partial charge in [-0.2, -0.15) is 0 Å². The SMILES string of the molecule is COc1ccccc1C(=O)NC(C(=O)Nc1ccncc1)C(C)C. The van der Waals surface area contributed by atoms with E-state index < -0.39 is 6.04 Å². The van der Waals surface area contributed by atoms with Crippen molar-refractivity contribution in [1.82, 2.24) is 10.3 Å². The molecule has 1 aromatic heterocycles. The van der Waals surface area contributed by atoms with Crippen LogP contribution in [0.25, 0.3) is 0 Å². The van der Waals surface area contributed by atoms with Crippen molar-refractivity contribution in [3.8, 4) is 5.75 Å². The van der Waals surface area contributed by atoms with Gasteiger partial charge in [-0.05, 0) is 30.2 Å². The van der Waals surface area contributed by atoms with E-state index in [0.717, 1.165) is 0 Å². The number of benzene rings is 1. The van der Waals surface area contributed by atoms with Crippen LogP contribution in [-0.2, 0) is 4.79 Å². The summed E-state index contributed by atoms with van der Waals surface area (Å²) < 4.78 is 5.20. The molecule has 0 aliphatic carbocycles. The molecule has 1 aromatic carbocycles. The van der Waals surface area contributed by atoms with E-state index in [9.17, 15) is 9.59 Å². The Morgan fingerprint density at radius 1 is 1.08 bits per heavy atom. The van der Waals surface area contributed by atoms with Gasteiger partial charge in [0.15, 0.2) is 0 Å². The third-order valence-electron chi connectivity index (χ3n) is 3.54. The second-order valence-electron chi connectivity index (χ2n) is 5.62. The van der Waals surface area contributed by atoms with Gasteiger partial charge in [-0.1, -0.05) is 26.0 Å². The Morgan fingerprint density at radius 3 is 2.38 bits per heavy atom. The van der Waals surface area contributed by atoms with E-state index in [1.807, 2.05) is 13.8 Å². The maximum atomic E-state index is 12.5. The first kappa shape index (κ1) is 17.5. The molecule has 0 fully saturated rings. The summed E-state index contributed by atoms with van der Waals surface area (Å²) in [5.74, 6) is -0.243. The van der Waals surface area contributed by atoms with Crippen LogP contribution in [0.4, 0.5) is 5.69 Å². The summed E-state index contributed by atoms with van der Waals surface area (Å²) >= 11 is 0. The van der Waals surface area contributed by atoms with Crippen molar-refractivity contribution in [2.45, 2.75) is 19.9 Å². The zero-order valence-corrected chi connectivity index (χ0v) is 13.9. The highest BCUT2D eigenvalue weighted by Gasteiger charge is 2.25. The number of carbonyl (C=O) groups excluding carboxylic acids is 2. The molecule has 0 saturated carbocycles. The summed E-state index contributed by atoms with van der Waals surface area (Å²) in [4.78, 5) is 28.9. The van der Waals surface area contributed by atoms with E-state index in [2.05, 4.69) is 15.6 Å². The number of carbonyl (C=O) groups is 2. The average Bonchev–Trinajstić information content (AvgIpc) is 2.59. The van der Waals surface area contributed by atoms with E-state index in [0.29, 0.717) is 17.0 Å². The Hall–Kier alpha value is -2.89. The normalized spacial score (nSPS) is 11.7. The third-order valence-corrected chi connectivity index (χ3v) is 3.54. The highest BCUT2D eigenvalue weighted by molar-refractivity contribution is 6.02. The van der Waals surface area contributed by atoms with Crippen LogP contribution in [-0.4, -0.2) is 29.9 Å². The predicted octanol–water partition coefficient (Wildman–Crippen LogP) is 2.48. The number of hydrogen-bond donors (Lipinski definition) is 2. The van der Waals surface area contributed by atoms with Gasteiger partial charge in [0.2, 0.25) is 5.91 Å². The van der Waals surface area contributed by atoms with Crippen LogP contribution < -0.4 is 15.4 Å². The van der Waals surface area contributed by atoms with E-state index in [1.54, 1.807) is 48.8 Å². The van der Waals surface area contributed by atoms with Gasteiger partial charge in [-0.15, -0.1) is 0 Å². The maximum Gasteiger partial charge on any atom is 0.255 e. The zero-order valence-electron chi connectivity index (χ0n) is 13.9. The molecule has 2 aromatic rings. The predicted molar refractivity (Wildman–Crippen MR) is 92.0 cm³/mol. The van der Waals surface area contributed by atoms with Gasteiger partial charge in [-0.25, -0.2) is 0 Å². The molecule has 126 valence electrons. The highest BCUT2D eigenvalue weighted by Crippen LogP contribution is 2.18. The molecule has 0 bridgehead atoms. The summed E-state index contributed by atoms with van der Waals surface area (Å²) in [6.07, 6.45) is 3.18.